The van der Waals surface area contributed by atoms with E-state index in [9.17, 15) is 0 Å². The third-order valence-corrected chi connectivity index (χ3v) is 4.52. The predicted octanol–water partition coefficient (Wildman–Crippen LogP) is 4.70. The van der Waals surface area contributed by atoms with E-state index >= 15 is 0 Å². The molecule has 0 amide bonds. The van der Waals surface area contributed by atoms with Crippen molar-refractivity contribution in [2.24, 2.45) is 4.99 Å². The molecule has 0 saturated carbocycles. The molecule has 3 rings (SSSR count). The first-order valence-corrected chi connectivity index (χ1v) is 7.62. The van der Waals surface area contributed by atoms with Gasteiger partial charge >= 0.3 is 0 Å². The minimum absolute atomic E-state index is 0.527. The first-order chi connectivity index (χ1) is 9.76. The molecule has 0 spiro atoms. The van der Waals surface area contributed by atoms with Gasteiger partial charge in [0.1, 0.15) is 5.75 Å². The fraction of sp³-hybridized carbons (Fsp3) is 0.235. The van der Waals surface area contributed by atoms with Crippen LogP contribution in [0.3, 0.4) is 0 Å². The molecule has 2 aromatic carbocycles. The van der Waals surface area contributed by atoms with Crippen LogP contribution in [0.5, 0.6) is 5.75 Å². The number of aliphatic imine (C=N–C) groups is 1. The summed E-state index contributed by atoms with van der Waals surface area (Å²) in [6, 6.07) is 16.5. The number of methoxy groups -OCH3 is 1. The van der Waals surface area contributed by atoms with E-state index in [1.807, 2.05) is 30.0 Å². The highest BCUT2D eigenvalue weighted by molar-refractivity contribution is 8.00. The standard InChI is InChI=1S/C17H17NOS/c1-12-11-16(13-7-9-14(19-2)10-8-13)18-15-5-3-4-6-17(15)20-12/h3-10,12H,11H2,1-2H3. The second-order valence-electron chi connectivity index (χ2n) is 4.89. The van der Waals surface area contributed by atoms with Crippen LogP contribution in [-0.2, 0) is 0 Å². The number of nitrogens with zero attached hydrogens (tertiary/aromatic N) is 1. The Bertz CT molecular complexity index is 634. The summed E-state index contributed by atoms with van der Waals surface area (Å²) in [6.45, 7) is 2.26. The van der Waals surface area contributed by atoms with Gasteiger partial charge < -0.3 is 4.74 Å². The van der Waals surface area contributed by atoms with Crippen LogP contribution in [0.25, 0.3) is 0 Å². The van der Waals surface area contributed by atoms with Crippen LogP contribution >= 0.6 is 11.8 Å². The molecule has 1 heterocycles. The molecule has 1 aliphatic heterocycles. The van der Waals surface area contributed by atoms with E-state index in [1.165, 1.54) is 10.5 Å². The van der Waals surface area contributed by atoms with Crippen LogP contribution in [0.15, 0.2) is 58.4 Å². The van der Waals surface area contributed by atoms with Crippen LogP contribution in [0.2, 0.25) is 0 Å². The maximum atomic E-state index is 5.21. The molecule has 0 bridgehead atoms. The Labute approximate surface area is 123 Å². The Hall–Kier alpha value is -1.74. The fourth-order valence-electron chi connectivity index (χ4n) is 2.34. The van der Waals surface area contributed by atoms with Crippen LogP contribution in [0, 0.1) is 0 Å². The zero-order valence-corrected chi connectivity index (χ0v) is 12.5. The smallest absolute Gasteiger partial charge is 0.118 e. The van der Waals surface area contributed by atoms with E-state index in [-0.39, 0.29) is 0 Å². The van der Waals surface area contributed by atoms with Gasteiger partial charge in [0.25, 0.3) is 0 Å². The molecule has 20 heavy (non-hydrogen) atoms. The minimum Gasteiger partial charge on any atom is -0.497 e. The van der Waals surface area contributed by atoms with Crippen molar-refractivity contribution < 1.29 is 4.74 Å². The van der Waals surface area contributed by atoms with Gasteiger partial charge in [0.15, 0.2) is 0 Å². The Kier molecular flexibility index (Phi) is 3.79. The van der Waals surface area contributed by atoms with Gasteiger partial charge in [0.2, 0.25) is 0 Å². The molecule has 0 N–H and O–H groups in total. The first-order valence-electron chi connectivity index (χ1n) is 6.74. The normalized spacial score (nSPS) is 17.9. The van der Waals surface area contributed by atoms with Gasteiger partial charge in [-0.2, -0.15) is 0 Å². The summed E-state index contributed by atoms with van der Waals surface area (Å²) in [7, 11) is 1.69. The third kappa shape index (κ3) is 2.73. The molecule has 0 fully saturated rings. The molecule has 1 aliphatic rings. The zero-order valence-electron chi connectivity index (χ0n) is 11.7. The molecular formula is C17H17NOS. The summed E-state index contributed by atoms with van der Waals surface area (Å²) >= 11 is 1.90. The van der Waals surface area contributed by atoms with Crippen molar-refractivity contribution in [3.8, 4) is 5.75 Å². The predicted molar refractivity (Wildman–Crippen MR) is 85.6 cm³/mol. The number of ether oxygens (including phenoxy) is 1. The van der Waals surface area contributed by atoms with E-state index in [0.29, 0.717) is 5.25 Å². The Morgan fingerprint density at radius 3 is 2.60 bits per heavy atom. The van der Waals surface area contributed by atoms with Crippen molar-refractivity contribution in [1.29, 1.82) is 0 Å². The molecular weight excluding hydrogens is 266 g/mol. The van der Waals surface area contributed by atoms with E-state index < -0.39 is 0 Å². The van der Waals surface area contributed by atoms with Crippen molar-refractivity contribution in [2.45, 2.75) is 23.5 Å². The fourth-order valence-corrected chi connectivity index (χ4v) is 3.40. The zero-order chi connectivity index (χ0) is 13.9. The SMILES string of the molecule is COc1ccc(C2=Nc3ccccc3SC(C)C2)cc1. The molecule has 3 heteroatoms. The van der Waals surface area contributed by atoms with E-state index in [0.717, 1.165) is 23.6 Å². The van der Waals surface area contributed by atoms with Crippen LogP contribution in [0.4, 0.5) is 5.69 Å². The summed E-state index contributed by atoms with van der Waals surface area (Å²) in [5.41, 5.74) is 3.40. The maximum Gasteiger partial charge on any atom is 0.118 e. The number of rotatable bonds is 2. The quantitative estimate of drug-likeness (QED) is 0.796. The van der Waals surface area contributed by atoms with Gasteiger partial charge in [-0.1, -0.05) is 19.1 Å². The molecule has 0 radical (unpaired) electrons. The van der Waals surface area contributed by atoms with Gasteiger partial charge in [-0.25, -0.2) is 0 Å². The number of para-hydroxylation sites is 1. The summed E-state index contributed by atoms with van der Waals surface area (Å²) in [4.78, 5) is 6.14. The largest absolute Gasteiger partial charge is 0.497 e. The van der Waals surface area contributed by atoms with Gasteiger partial charge in [0.05, 0.1) is 12.8 Å². The Balaban J connectivity index is 2.01. The average molecular weight is 283 g/mol. The third-order valence-electron chi connectivity index (χ3n) is 3.35. The van der Waals surface area contributed by atoms with E-state index in [1.54, 1.807) is 7.11 Å². The molecule has 1 atom stereocenters. The lowest BCUT2D eigenvalue weighted by atomic mass is 10.1. The van der Waals surface area contributed by atoms with E-state index in [2.05, 4.69) is 37.3 Å². The Morgan fingerprint density at radius 2 is 1.85 bits per heavy atom. The lowest BCUT2D eigenvalue weighted by molar-refractivity contribution is 0.415. The van der Waals surface area contributed by atoms with Gasteiger partial charge in [-0.3, -0.25) is 4.99 Å². The maximum absolute atomic E-state index is 5.21. The van der Waals surface area contributed by atoms with Gasteiger partial charge in [-0.05, 0) is 42.0 Å². The molecule has 0 aromatic heterocycles. The van der Waals surface area contributed by atoms with Crippen LogP contribution in [0.1, 0.15) is 18.9 Å². The minimum atomic E-state index is 0.527. The van der Waals surface area contributed by atoms with Crippen molar-refractivity contribution in [1.82, 2.24) is 0 Å². The number of hydrogen-bond acceptors (Lipinski definition) is 3. The van der Waals surface area contributed by atoms with Gasteiger partial charge in [0, 0.05) is 22.3 Å². The van der Waals surface area contributed by atoms with Crippen molar-refractivity contribution in [3.05, 3.63) is 54.1 Å². The second kappa shape index (κ2) is 5.71. The summed E-state index contributed by atoms with van der Waals surface area (Å²) in [5.74, 6) is 0.880. The monoisotopic (exact) mass is 283 g/mol. The second-order valence-corrected chi connectivity index (χ2v) is 6.37. The Morgan fingerprint density at radius 1 is 1.10 bits per heavy atom. The van der Waals surface area contributed by atoms with E-state index in [4.69, 9.17) is 9.73 Å². The molecule has 2 nitrogen and oxygen atoms in total. The lowest BCUT2D eigenvalue weighted by Crippen LogP contribution is -2.07. The number of benzene rings is 2. The molecule has 1 unspecified atom stereocenters. The number of fused-ring (bicyclic) bond motifs is 1. The lowest BCUT2D eigenvalue weighted by Gasteiger charge is -2.09. The number of hydrogen-bond donors (Lipinski definition) is 0. The summed E-state index contributed by atoms with van der Waals surface area (Å²) < 4.78 is 5.21. The molecule has 0 saturated heterocycles. The van der Waals surface area contributed by atoms with Crippen molar-refractivity contribution >= 4 is 23.2 Å². The molecule has 0 aliphatic carbocycles. The van der Waals surface area contributed by atoms with Gasteiger partial charge in [-0.15, -0.1) is 11.8 Å². The topological polar surface area (TPSA) is 21.6 Å². The molecule has 2 aromatic rings. The molecule has 102 valence electrons. The summed E-state index contributed by atoms with van der Waals surface area (Å²) in [5, 5.41) is 0.527. The number of thioether (sulfide) groups is 1. The summed E-state index contributed by atoms with van der Waals surface area (Å²) in [6.07, 6.45) is 0.978. The highest BCUT2D eigenvalue weighted by Gasteiger charge is 2.17. The van der Waals surface area contributed by atoms with Crippen LogP contribution < -0.4 is 4.74 Å². The van der Waals surface area contributed by atoms with Crippen molar-refractivity contribution in [2.75, 3.05) is 7.11 Å². The first kappa shape index (κ1) is 13.3. The van der Waals surface area contributed by atoms with Crippen LogP contribution in [-0.4, -0.2) is 18.1 Å². The highest BCUT2D eigenvalue weighted by Crippen LogP contribution is 2.37. The highest BCUT2D eigenvalue weighted by atomic mass is 32.2. The van der Waals surface area contributed by atoms with Crippen molar-refractivity contribution in [3.63, 3.8) is 0 Å². The average Bonchev–Trinajstić information content (AvgIpc) is 2.65.